The molecule has 10 nitrogen and oxygen atoms in total. The first-order chi connectivity index (χ1) is 20.2. The van der Waals surface area contributed by atoms with Crippen LogP contribution in [0.1, 0.15) is 75.2 Å². The maximum atomic E-state index is 12.6. The molecular weight excluding hydrogens is 546 g/mol. The number of pyridine rings is 2. The zero-order chi connectivity index (χ0) is 31.4. The smallest absolute Gasteiger partial charge is 0.337 e. The molecule has 3 aromatic rings. The molecular formula is C33H43N5O5. The van der Waals surface area contributed by atoms with E-state index in [0.29, 0.717) is 41.4 Å². The minimum absolute atomic E-state index is 0.218. The number of benzene rings is 1. The van der Waals surface area contributed by atoms with Crippen LogP contribution in [0.5, 0.6) is 5.75 Å². The fraction of sp³-hybridized carbons (Fsp3) is 0.455. The van der Waals surface area contributed by atoms with Gasteiger partial charge in [-0.25, -0.2) is 4.79 Å². The van der Waals surface area contributed by atoms with Crippen molar-refractivity contribution >= 4 is 23.3 Å². The molecule has 0 bridgehead atoms. The molecule has 0 saturated carbocycles. The van der Waals surface area contributed by atoms with Crippen LogP contribution in [0.4, 0.5) is 11.4 Å². The Morgan fingerprint density at radius 2 is 1.74 bits per heavy atom. The molecule has 3 heterocycles. The van der Waals surface area contributed by atoms with Gasteiger partial charge in [-0.15, -0.1) is 0 Å². The lowest BCUT2D eigenvalue weighted by Crippen LogP contribution is -2.39. The molecule has 0 spiro atoms. The van der Waals surface area contributed by atoms with Crippen molar-refractivity contribution in [1.29, 1.82) is 0 Å². The molecule has 230 valence electrons. The van der Waals surface area contributed by atoms with Crippen molar-refractivity contribution < 1.29 is 24.2 Å². The van der Waals surface area contributed by atoms with Crippen molar-refractivity contribution in [3.05, 3.63) is 65.6 Å². The van der Waals surface area contributed by atoms with Gasteiger partial charge in [0.25, 0.3) is 0 Å². The normalized spacial score (nSPS) is 15.5. The van der Waals surface area contributed by atoms with Gasteiger partial charge in [0.1, 0.15) is 12.4 Å². The van der Waals surface area contributed by atoms with Gasteiger partial charge >= 0.3 is 5.97 Å². The summed E-state index contributed by atoms with van der Waals surface area (Å²) in [5, 5.41) is 13.6. The largest absolute Gasteiger partial charge is 0.492 e. The SMILES string of the molecule is Cc1ncc(-c2ccc(NCCOc3ccc(C(N)=O)cc3)cn2)c(N2CCC(C)(C)CC2)c1[C@H](OC(C)(C)C)C(=O)O. The first kappa shape index (κ1) is 31.7. The van der Waals surface area contributed by atoms with E-state index in [0.717, 1.165) is 42.9 Å². The second kappa shape index (κ2) is 13.0. The second-order valence-electron chi connectivity index (χ2n) is 12.7. The third-order valence-corrected chi connectivity index (χ3v) is 7.56. The Balaban J connectivity index is 1.57. The van der Waals surface area contributed by atoms with Gasteiger partial charge in [0.05, 0.1) is 28.9 Å². The molecule has 10 heteroatoms. The lowest BCUT2D eigenvalue weighted by Gasteiger charge is -2.40. The number of aliphatic carboxylic acids is 1. The summed E-state index contributed by atoms with van der Waals surface area (Å²) in [6, 6.07) is 10.5. The van der Waals surface area contributed by atoms with E-state index < -0.39 is 23.6 Å². The average molecular weight is 590 g/mol. The van der Waals surface area contributed by atoms with Crippen LogP contribution in [0.25, 0.3) is 11.3 Å². The Hall–Kier alpha value is -4.18. The minimum atomic E-state index is -1.18. The number of rotatable bonds is 11. The first-order valence-electron chi connectivity index (χ1n) is 14.6. The van der Waals surface area contributed by atoms with E-state index in [1.165, 1.54) is 0 Å². The maximum Gasteiger partial charge on any atom is 0.337 e. The van der Waals surface area contributed by atoms with Gasteiger partial charge in [-0.05, 0) is 82.3 Å². The highest BCUT2D eigenvalue weighted by molar-refractivity contribution is 5.92. The third-order valence-electron chi connectivity index (χ3n) is 7.56. The van der Waals surface area contributed by atoms with Crippen LogP contribution in [-0.2, 0) is 9.53 Å². The molecule has 1 fully saturated rings. The minimum Gasteiger partial charge on any atom is -0.492 e. The summed E-state index contributed by atoms with van der Waals surface area (Å²) in [4.78, 5) is 35.5. The zero-order valence-electron chi connectivity index (χ0n) is 25.9. The highest BCUT2D eigenvalue weighted by Crippen LogP contribution is 2.43. The van der Waals surface area contributed by atoms with Gasteiger partial charge in [0.2, 0.25) is 5.91 Å². The number of aryl methyl sites for hydroxylation is 1. The summed E-state index contributed by atoms with van der Waals surface area (Å²) < 4.78 is 11.9. The number of carbonyl (C=O) groups excluding carboxylic acids is 1. The van der Waals surface area contributed by atoms with Crippen molar-refractivity contribution in [1.82, 2.24) is 9.97 Å². The summed E-state index contributed by atoms with van der Waals surface area (Å²) in [5.74, 6) is -0.880. The van der Waals surface area contributed by atoms with Gasteiger partial charge in [-0.1, -0.05) is 13.8 Å². The van der Waals surface area contributed by atoms with Gasteiger partial charge in [0, 0.05) is 48.2 Å². The van der Waals surface area contributed by atoms with Gasteiger partial charge < -0.3 is 30.5 Å². The van der Waals surface area contributed by atoms with E-state index in [9.17, 15) is 14.7 Å². The molecule has 43 heavy (non-hydrogen) atoms. The molecule has 4 rings (SSSR count). The number of carboxylic acids is 1. The number of ether oxygens (including phenoxy) is 2. The van der Waals surface area contributed by atoms with Crippen LogP contribution in [-0.4, -0.2) is 58.8 Å². The van der Waals surface area contributed by atoms with Crippen molar-refractivity contribution in [2.24, 2.45) is 11.1 Å². The van der Waals surface area contributed by atoms with E-state index in [1.54, 1.807) is 36.7 Å². The highest BCUT2D eigenvalue weighted by atomic mass is 16.5. The Bertz CT molecular complexity index is 1420. The van der Waals surface area contributed by atoms with E-state index >= 15 is 0 Å². The van der Waals surface area contributed by atoms with Crippen LogP contribution in [0.15, 0.2) is 48.8 Å². The predicted molar refractivity (Wildman–Crippen MR) is 168 cm³/mol. The van der Waals surface area contributed by atoms with E-state index in [-0.39, 0.29) is 5.41 Å². The van der Waals surface area contributed by atoms with Gasteiger partial charge in [-0.2, -0.15) is 0 Å². The molecule has 0 aliphatic carbocycles. The topological polar surface area (TPSA) is 140 Å². The number of anilines is 2. The number of primary amides is 1. The molecule has 1 atom stereocenters. The molecule has 1 saturated heterocycles. The van der Waals surface area contributed by atoms with Gasteiger partial charge in [0.15, 0.2) is 6.10 Å². The maximum absolute atomic E-state index is 12.6. The number of nitrogens with zero attached hydrogens (tertiary/aromatic N) is 3. The second-order valence-corrected chi connectivity index (χ2v) is 12.7. The lowest BCUT2D eigenvalue weighted by molar-refractivity contribution is -0.160. The van der Waals surface area contributed by atoms with Crippen molar-refractivity contribution in [2.75, 3.05) is 36.5 Å². The number of piperidine rings is 1. The molecule has 2 aromatic heterocycles. The fourth-order valence-corrected chi connectivity index (χ4v) is 5.11. The Labute approximate surface area is 253 Å². The third kappa shape index (κ3) is 8.22. The number of nitrogens with one attached hydrogen (secondary N) is 1. The average Bonchev–Trinajstić information content (AvgIpc) is 2.94. The Morgan fingerprint density at radius 1 is 1.07 bits per heavy atom. The number of aromatic nitrogens is 2. The highest BCUT2D eigenvalue weighted by Gasteiger charge is 2.36. The molecule has 0 unspecified atom stereocenters. The number of carbonyl (C=O) groups is 2. The standard InChI is InChI=1S/C33H43N5O5/c1-21-27(29(31(40)41)43-32(2,3)4)28(38-16-13-33(5,6)14-17-38)25(20-36-21)26-12-9-23(19-37-26)35-15-18-42-24-10-7-22(8-11-24)30(34)39/h7-12,19-20,29,35H,13-18H2,1-6H3,(H2,34,39)(H,40,41)/t29-/m0/s1. The summed E-state index contributed by atoms with van der Waals surface area (Å²) in [5.41, 5.74) is 9.58. The fourth-order valence-electron chi connectivity index (χ4n) is 5.11. The molecule has 4 N–H and O–H groups in total. The van der Waals surface area contributed by atoms with Crippen LogP contribution in [0.3, 0.4) is 0 Å². The van der Waals surface area contributed by atoms with E-state index in [1.807, 2.05) is 39.8 Å². The summed E-state index contributed by atoms with van der Waals surface area (Å²) in [6.07, 6.45) is 4.33. The molecule has 1 aliphatic heterocycles. The number of amides is 1. The quantitative estimate of drug-likeness (QED) is 0.244. The molecule has 1 aromatic carbocycles. The summed E-state index contributed by atoms with van der Waals surface area (Å²) in [7, 11) is 0. The first-order valence-corrected chi connectivity index (χ1v) is 14.6. The van der Waals surface area contributed by atoms with Crippen LogP contribution >= 0.6 is 0 Å². The van der Waals surface area contributed by atoms with Crippen LogP contribution in [0.2, 0.25) is 0 Å². The summed E-state index contributed by atoms with van der Waals surface area (Å²) in [6.45, 7) is 14.5. The van der Waals surface area contributed by atoms with Gasteiger partial charge in [-0.3, -0.25) is 14.8 Å². The number of hydrogen-bond donors (Lipinski definition) is 3. The van der Waals surface area contributed by atoms with Crippen molar-refractivity contribution in [3.63, 3.8) is 0 Å². The lowest BCUT2D eigenvalue weighted by atomic mass is 9.82. The van der Waals surface area contributed by atoms with Crippen molar-refractivity contribution in [2.45, 2.75) is 66.1 Å². The molecule has 0 radical (unpaired) electrons. The number of carboxylic acid groups (broad SMARTS) is 1. The van der Waals surface area contributed by atoms with E-state index in [2.05, 4.69) is 29.0 Å². The number of nitrogens with two attached hydrogens (primary N) is 1. The monoisotopic (exact) mass is 589 g/mol. The van der Waals surface area contributed by atoms with Crippen LogP contribution in [0, 0.1) is 12.3 Å². The Morgan fingerprint density at radius 3 is 2.30 bits per heavy atom. The predicted octanol–water partition coefficient (Wildman–Crippen LogP) is 5.61. The molecule has 1 aliphatic rings. The van der Waals surface area contributed by atoms with Crippen molar-refractivity contribution in [3.8, 4) is 17.0 Å². The Kier molecular flexibility index (Phi) is 9.59. The van der Waals surface area contributed by atoms with E-state index in [4.69, 9.17) is 20.2 Å². The summed E-state index contributed by atoms with van der Waals surface area (Å²) >= 11 is 0. The van der Waals surface area contributed by atoms with Crippen LogP contribution < -0.4 is 20.7 Å². The number of hydrogen-bond acceptors (Lipinski definition) is 8. The molecule has 1 amide bonds. The zero-order valence-corrected chi connectivity index (χ0v) is 25.9.